The van der Waals surface area contributed by atoms with E-state index < -0.39 is 0 Å². The topological polar surface area (TPSA) is 39.1 Å². The van der Waals surface area contributed by atoms with E-state index in [9.17, 15) is 0 Å². The second-order valence-corrected chi connectivity index (χ2v) is 2.95. The average molecular weight is 167 g/mol. The van der Waals surface area contributed by atoms with Gasteiger partial charge in [-0.15, -0.1) is 0 Å². The minimum atomic E-state index is 0.438. The van der Waals surface area contributed by atoms with Gasteiger partial charge in [-0.1, -0.05) is 0 Å². The summed E-state index contributed by atoms with van der Waals surface area (Å²) in [6, 6.07) is 0. The van der Waals surface area contributed by atoms with Crippen LogP contribution in [-0.2, 0) is 11.3 Å². The van der Waals surface area contributed by atoms with E-state index in [0.29, 0.717) is 6.10 Å². The Labute approximate surface area is 71.6 Å². The van der Waals surface area contributed by atoms with Gasteiger partial charge in [0, 0.05) is 32.0 Å². The number of imidazole rings is 1. The predicted octanol–water partition coefficient (Wildman–Crippen LogP) is -0.129. The van der Waals surface area contributed by atoms with Crippen molar-refractivity contribution in [2.45, 2.75) is 12.6 Å². The van der Waals surface area contributed by atoms with E-state index in [1.54, 1.807) is 6.20 Å². The molecule has 12 heavy (non-hydrogen) atoms. The van der Waals surface area contributed by atoms with Crippen molar-refractivity contribution in [3.05, 3.63) is 18.7 Å². The van der Waals surface area contributed by atoms with Crippen molar-refractivity contribution in [1.29, 1.82) is 0 Å². The fraction of sp³-hybridized carbons (Fsp3) is 0.625. The molecular formula is C8H13N3O. The molecule has 4 heteroatoms. The molecule has 0 saturated carbocycles. The molecule has 1 aliphatic heterocycles. The molecule has 0 unspecified atom stereocenters. The SMILES string of the molecule is c1cn(CCOC2CNC2)cn1. The highest BCUT2D eigenvalue weighted by atomic mass is 16.5. The van der Waals surface area contributed by atoms with Crippen LogP contribution in [0.5, 0.6) is 0 Å². The van der Waals surface area contributed by atoms with E-state index in [4.69, 9.17) is 4.74 Å². The molecule has 0 amide bonds. The second-order valence-electron chi connectivity index (χ2n) is 2.95. The van der Waals surface area contributed by atoms with E-state index in [0.717, 1.165) is 26.2 Å². The summed E-state index contributed by atoms with van der Waals surface area (Å²) >= 11 is 0. The van der Waals surface area contributed by atoms with Crippen LogP contribution in [0.3, 0.4) is 0 Å². The number of aromatic nitrogens is 2. The summed E-state index contributed by atoms with van der Waals surface area (Å²) in [6.45, 7) is 3.69. The van der Waals surface area contributed by atoms with Crippen molar-refractivity contribution >= 4 is 0 Å². The highest BCUT2D eigenvalue weighted by Gasteiger charge is 2.16. The van der Waals surface area contributed by atoms with Gasteiger partial charge in [-0.2, -0.15) is 0 Å². The molecule has 1 saturated heterocycles. The molecule has 0 atom stereocenters. The summed E-state index contributed by atoms with van der Waals surface area (Å²) in [5, 5.41) is 3.16. The van der Waals surface area contributed by atoms with E-state index in [1.165, 1.54) is 0 Å². The van der Waals surface area contributed by atoms with Crippen molar-refractivity contribution in [3.63, 3.8) is 0 Å². The van der Waals surface area contributed by atoms with E-state index in [-0.39, 0.29) is 0 Å². The molecule has 0 spiro atoms. The smallest absolute Gasteiger partial charge is 0.0946 e. The molecule has 0 aliphatic carbocycles. The molecular weight excluding hydrogens is 154 g/mol. The zero-order valence-electron chi connectivity index (χ0n) is 6.94. The lowest BCUT2D eigenvalue weighted by atomic mass is 10.2. The monoisotopic (exact) mass is 167 g/mol. The number of nitrogens with one attached hydrogen (secondary N) is 1. The van der Waals surface area contributed by atoms with Gasteiger partial charge in [0.2, 0.25) is 0 Å². The Bertz CT molecular complexity index is 218. The Morgan fingerprint density at radius 3 is 3.08 bits per heavy atom. The Morgan fingerprint density at radius 1 is 1.58 bits per heavy atom. The third-order valence-corrected chi connectivity index (χ3v) is 2.01. The quantitative estimate of drug-likeness (QED) is 0.679. The van der Waals surface area contributed by atoms with Crippen molar-refractivity contribution in [2.75, 3.05) is 19.7 Å². The lowest BCUT2D eigenvalue weighted by Crippen LogP contribution is -2.48. The van der Waals surface area contributed by atoms with Gasteiger partial charge >= 0.3 is 0 Å². The fourth-order valence-corrected chi connectivity index (χ4v) is 1.12. The van der Waals surface area contributed by atoms with Crippen molar-refractivity contribution in [3.8, 4) is 0 Å². The molecule has 2 heterocycles. The van der Waals surface area contributed by atoms with E-state index in [1.807, 2.05) is 17.1 Å². The van der Waals surface area contributed by atoms with Gasteiger partial charge in [-0.3, -0.25) is 0 Å². The van der Waals surface area contributed by atoms with Crippen LogP contribution in [0.25, 0.3) is 0 Å². The molecule has 1 aromatic rings. The first-order valence-corrected chi connectivity index (χ1v) is 4.23. The molecule has 66 valence electrons. The summed E-state index contributed by atoms with van der Waals surface area (Å²) in [7, 11) is 0. The summed E-state index contributed by atoms with van der Waals surface area (Å²) in [5.74, 6) is 0. The minimum absolute atomic E-state index is 0.438. The number of ether oxygens (including phenoxy) is 1. The molecule has 4 nitrogen and oxygen atoms in total. The van der Waals surface area contributed by atoms with E-state index in [2.05, 4.69) is 10.3 Å². The Balaban J connectivity index is 1.62. The lowest BCUT2D eigenvalue weighted by Gasteiger charge is -2.27. The average Bonchev–Trinajstić information content (AvgIpc) is 2.46. The fourth-order valence-electron chi connectivity index (χ4n) is 1.12. The summed E-state index contributed by atoms with van der Waals surface area (Å²) in [5.41, 5.74) is 0. The standard InChI is InChI=1S/C8H13N3O/c1-2-11(7-9-1)3-4-12-8-5-10-6-8/h1-2,7-8,10H,3-6H2. The predicted molar refractivity (Wildman–Crippen MR) is 44.8 cm³/mol. The minimum Gasteiger partial charge on any atom is -0.374 e. The maximum absolute atomic E-state index is 5.54. The third kappa shape index (κ3) is 1.84. The molecule has 1 N–H and O–H groups in total. The molecule has 0 radical (unpaired) electrons. The van der Waals surface area contributed by atoms with Crippen LogP contribution < -0.4 is 5.32 Å². The van der Waals surface area contributed by atoms with Gasteiger partial charge in [-0.05, 0) is 0 Å². The van der Waals surface area contributed by atoms with Crippen LogP contribution >= 0.6 is 0 Å². The van der Waals surface area contributed by atoms with Crippen LogP contribution in [0.1, 0.15) is 0 Å². The summed E-state index contributed by atoms with van der Waals surface area (Å²) in [4.78, 5) is 3.95. The molecule has 1 fully saturated rings. The zero-order chi connectivity index (χ0) is 8.23. The maximum Gasteiger partial charge on any atom is 0.0946 e. The first kappa shape index (κ1) is 7.76. The van der Waals surface area contributed by atoms with Gasteiger partial charge in [0.15, 0.2) is 0 Å². The number of hydrogen-bond acceptors (Lipinski definition) is 3. The Kier molecular flexibility index (Phi) is 2.39. The molecule has 1 aromatic heterocycles. The Morgan fingerprint density at radius 2 is 2.50 bits per heavy atom. The first-order chi connectivity index (χ1) is 5.95. The largest absolute Gasteiger partial charge is 0.374 e. The highest BCUT2D eigenvalue weighted by molar-refractivity contribution is 4.76. The van der Waals surface area contributed by atoms with Gasteiger partial charge < -0.3 is 14.6 Å². The zero-order valence-corrected chi connectivity index (χ0v) is 6.94. The van der Waals surface area contributed by atoms with Gasteiger partial charge in [0.05, 0.1) is 19.0 Å². The summed E-state index contributed by atoms with van der Waals surface area (Å²) < 4.78 is 7.56. The molecule has 1 aliphatic rings. The third-order valence-electron chi connectivity index (χ3n) is 2.01. The van der Waals surface area contributed by atoms with Gasteiger partial charge in [-0.25, -0.2) is 4.98 Å². The van der Waals surface area contributed by atoms with Crippen LogP contribution in [0.15, 0.2) is 18.7 Å². The van der Waals surface area contributed by atoms with Crippen molar-refractivity contribution < 1.29 is 4.74 Å². The molecule has 0 aromatic carbocycles. The molecule has 0 bridgehead atoms. The maximum atomic E-state index is 5.54. The van der Waals surface area contributed by atoms with Gasteiger partial charge in [0.25, 0.3) is 0 Å². The van der Waals surface area contributed by atoms with E-state index >= 15 is 0 Å². The Hall–Kier alpha value is -0.870. The summed E-state index contributed by atoms with van der Waals surface area (Å²) in [6.07, 6.45) is 5.98. The number of hydrogen-bond donors (Lipinski definition) is 1. The van der Waals surface area contributed by atoms with Crippen LogP contribution in [-0.4, -0.2) is 35.4 Å². The number of nitrogens with zero attached hydrogens (tertiary/aromatic N) is 2. The molecule has 2 rings (SSSR count). The number of rotatable bonds is 4. The lowest BCUT2D eigenvalue weighted by molar-refractivity contribution is 0.0148. The second kappa shape index (κ2) is 3.69. The van der Waals surface area contributed by atoms with Crippen molar-refractivity contribution in [2.24, 2.45) is 0 Å². The van der Waals surface area contributed by atoms with Crippen LogP contribution in [0, 0.1) is 0 Å². The van der Waals surface area contributed by atoms with Crippen LogP contribution in [0.4, 0.5) is 0 Å². The highest BCUT2D eigenvalue weighted by Crippen LogP contribution is 1.98. The van der Waals surface area contributed by atoms with Gasteiger partial charge in [0.1, 0.15) is 0 Å². The first-order valence-electron chi connectivity index (χ1n) is 4.23. The van der Waals surface area contributed by atoms with Crippen molar-refractivity contribution in [1.82, 2.24) is 14.9 Å². The normalized spacial score (nSPS) is 17.7. The van der Waals surface area contributed by atoms with Crippen LogP contribution in [0.2, 0.25) is 0 Å².